The van der Waals surface area contributed by atoms with E-state index in [1.807, 2.05) is 44.2 Å². The van der Waals surface area contributed by atoms with Gasteiger partial charge < -0.3 is 20.5 Å². The summed E-state index contributed by atoms with van der Waals surface area (Å²) in [6.07, 6.45) is 1.26. The highest BCUT2D eigenvalue weighted by atomic mass is 16.5. The van der Waals surface area contributed by atoms with Crippen LogP contribution in [0.2, 0.25) is 0 Å². The number of amides is 1. The van der Waals surface area contributed by atoms with Crippen LogP contribution in [0, 0.1) is 5.92 Å². The predicted molar refractivity (Wildman–Crippen MR) is 90.0 cm³/mol. The second-order valence-electron chi connectivity index (χ2n) is 6.34. The Morgan fingerprint density at radius 1 is 1.35 bits per heavy atom. The molecule has 2 rings (SSSR count). The summed E-state index contributed by atoms with van der Waals surface area (Å²) in [6, 6.07) is 9.23. The fraction of sp³-hybridized carbons (Fsp3) is 0.611. The Labute approximate surface area is 138 Å². The van der Waals surface area contributed by atoms with E-state index in [2.05, 4.69) is 10.6 Å². The van der Waals surface area contributed by atoms with E-state index in [1.54, 1.807) is 7.11 Å². The molecule has 1 unspecified atom stereocenters. The molecule has 1 amide bonds. The topological polar surface area (TPSA) is 70.6 Å². The van der Waals surface area contributed by atoms with Gasteiger partial charge in [-0.1, -0.05) is 37.3 Å². The molecule has 1 aliphatic heterocycles. The van der Waals surface area contributed by atoms with Crippen LogP contribution in [0.5, 0.6) is 0 Å². The maximum Gasteiger partial charge on any atom is 0.225 e. The minimum absolute atomic E-state index is 0.0898. The highest BCUT2D eigenvalue weighted by Crippen LogP contribution is 2.20. The second-order valence-corrected chi connectivity index (χ2v) is 6.34. The van der Waals surface area contributed by atoms with Gasteiger partial charge in [-0.3, -0.25) is 4.79 Å². The molecule has 5 nitrogen and oxygen atoms in total. The molecule has 0 aliphatic carbocycles. The molecule has 128 valence electrons. The van der Waals surface area contributed by atoms with Crippen molar-refractivity contribution in [2.24, 2.45) is 5.92 Å². The lowest BCUT2D eigenvalue weighted by atomic mass is 9.94. The lowest BCUT2D eigenvalue weighted by molar-refractivity contribution is -0.131. The largest absolute Gasteiger partial charge is 0.386 e. The van der Waals surface area contributed by atoms with Crippen molar-refractivity contribution in [3.63, 3.8) is 0 Å². The van der Waals surface area contributed by atoms with Crippen molar-refractivity contribution in [2.45, 2.75) is 51.0 Å². The van der Waals surface area contributed by atoms with Gasteiger partial charge in [0.1, 0.15) is 0 Å². The molecule has 3 N–H and O–H groups in total. The van der Waals surface area contributed by atoms with Crippen molar-refractivity contribution < 1.29 is 14.6 Å². The summed E-state index contributed by atoms with van der Waals surface area (Å²) in [5.41, 5.74) is 0.800. The lowest BCUT2D eigenvalue weighted by Crippen LogP contribution is -2.48. The minimum atomic E-state index is -0.724. The molecule has 0 spiro atoms. The van der Waals surface area contributed by atoms with Gasteiger partial charge >= 0.3 is 0 Å². The zero-order valence-corrected chi connectivity index (χ0v) is 14.2. The molecule has 0 radical (unpaired) electrons. The van der Waals surface area contributed by atoms with Crippen LogP contribution in [0.1, 0.15) is 38.4 Å². The molecule has 1 aliphatic rings. The molecule has 1 fully saturated rings. The molecule has 0 saturated carbocycles. The number of aliphatic hydroxyl groups is 1. The second kappa shape index (κ2) is 8.43. The van der Waals surface area contributed by atoms with Gasteiger partial charge in [0.2, 0.25) is 5.91 Å². The number of carbonyl (C=O) groups is 1. The molecule has 1 heterocycles. The van der Waals surface area contributed by atoms with E-state index in [0.29, 0.717) is 0 Å². The molecule has 1 aromatic rings. The van der Waals surface area contributed by atoms with Crippen LogP contribution in [0.4, 0.5) is 0 Å². The Balaban J connectivity index is 1.94. The fourth-order valence-electron chi connectivity index (χ4n) is 3.23. The number of benzene rings is 1. The average Bonchev–Trinajstić information content (AvgIpc) is 3.09. The van der Waals surface area contributed by atoms with Crippen molar-refractivity contribution in [1.29, 1.82) is 0 Å². The van der Waals surface area contributed by atoms with Crippen molar-refractivity contribution >= 4 is 5.91 Å². The van der Waals surface area contributed by atoms with Crippen molar-refractivity contribution in [2.75, 3.05) is 13.7 Å². The van der Waals surface area contributed by atoms with Crippen LogP contribution in [-0.2, 0) is 9.53 Å². The third-order valence-corrected chi connectivity index (χ3v) is 4.66. The normalized spacial score (nSPS) is 23.0. The van der Waals surface area contributed by atoms with Gasteiger partial charge in [-0.25, -0.2) is 0 Å². The zero-order chi connectivity index (χ0) is 16.8. The molecule has 5 heteroatoms. The van der Waals surface area contributed by atoms with E-state index in [1.165, 1.54) is 0 Å². The van der Waals surface area contributed by atoms with Crippen LogP contribution in [0.3, 0.4) is 0 Å². The lowest BCUT2D eigenvalue weighted by Gasteiger charge is -2.29. The highest BCUT2D eigenvalue weighted by Gasteiger charge is 2.33. The van der Waals surface area contributed by atoms with Gasteiger partial charge in [-0.05, 0) is 31.9 Å². The van der Waals surface area contributed by atoms with Crippen LogP contribution in [0.25, 0.3) is 0 Å². The fourth-order valence-corrected chi connectivity index (χ4v) is 3.23. The Kier molecular flexibility index (Phi) is 6.57. The van der Waals surface area contributed by atoms with E-state index in [4.69, 9.17) is 4.74 Å². The van der Waals surface area contributed by atoms with Crippen LogP contribution in [0.15, 0.2) is 30.3 Å². The Morgan fingerprint density at radius 3 is 2.61 bits per heavy atom. The molecule has 0 aromatic heterocycles. The Hall–Kier alpha value is -1.43. The van der Waals surface area contributed by atoms with E-state index in [0.717, 1.165) is 24.9 Å². The van der Waals surface area contributed by atoms with Crippen LogP contribution < -0.4 is 10.6 Å². The first-order valence-electron chi connectivity index (χ1n) is 8.34. The van der Waals surface area contributed by atoms with E-state index >= 15 is 0 Å². The summed E-state index contributed by atoms with van der Waals surface area (Å²) in [7, 11) is 1.65. The maximum atomic E-state index is 12.5. The number of hydrogen-bond donors (Lipinski definition) is 3. The van der Waals surface area contributed by atoms with E-state index in [9.17, 15) is 9.90 Å². The summed E-state index contributed by atoms with van der Waals surface area (Å²) < 4.78 is 5.56. The highest BCUT2D eigenvalue weighted by molar-refractivity contribution is 5.79. The first-order chi connectivity index (χ1) is 11.0. The molecule has 1 saturated heterocycles. The Bertz CT molecular complexity index is 488. The molecule has 1 aromatic carbocycles. The number of methoxy groups -OCH3 is 1. The van der Waals surface area contributed by atoms with E-state index < -0.39 is 6.10 Å². The summed E-state index contributed by atoms with van der Waals surface area (Å²) in [6.45, 7) is 4.67. The van der Waals surface area contributed by atoms with Gasteiger partial charge in [0.15, 0.2) is 0 Å². The average molecular weight is 320 g/mol. The number of rotatable bonds is 7. The molecule has 5 atom stereocenters. The van der Waals surface area contributed by atoms with Crippen molar-refractivity contribution in [1.82, 2.24) is 10.6 Å². The summed E-state index contributed by atoms with van der Waals surface area (Å²) in [5, 5.41) is 16.7. The van der Waals surface area contributed by atoms with Crippen molar-refractivity contribution in [3.05, 3.63) is 35.9 Å². The molecular formula is C18H28N2O3. The quantitative estimate of drug-likeness (QED) is 0.714. The number of hydrogen-bond acceptors (Lipinski definition) is 4. The number of nitrogens with one attached hydrogen (secondary N) is 2. The van der Waals surface area contributed by atoms with Gasteiger partial charge in [0.25, 0.3) is 0 Å². The predicted octanol–water partition coefficient (Wildman–Crippen LogP) is 1.63. The molecule has 0 bridgehead atoms. The van der Waals surface area contributed by atoms with Gasteiger partial charge in [-0.2, -0.15) is 0 Å². The minimum Gasteiger partial charge on any atom is -0.386 e. The molecular weight excluding hydrogens is 292 g/mol. The monoisotopic (exact) mass is 320 g/mol. The van der Waals surface area contributed by atoms with E-state index in [-0.39, 0.29) is 30.0 Å². The standard InChI is InChI=1S/C18H28N2O3/c1-12(17(23-3)15-10-7-11-19-15)18(22)20-13(2)16(21)14-8-5-4-6-9-14/h4-6,8-9,12-13,15-17,19,21H,7,10-11H2,1-3H3,(H,20,22)/t12-,13-,15?,16+,17-/m1/s1. The summed E-state index contributed by atoms with van der Waals surface area (Å²) in [4.78, 5) is 12.5. The first kappa shape index (κ1) is 17.9. The van der Waals surface area contributed by atoms with Gasteiger partial charge in [-0.15, -0.1) is 0 Å². The first-order valence-corrected chi connectivity index (χ1v) is 8.34. The number of aliphatic hydroxyl groups excluding tert-OH is 1. The van der Waals surface area contributed by atoms with Gasteiger partial charge in [0, 0.05) is 13.2 Å². The summed E-state index contributed by atoms with van der Waals surface area (Å²) in [5.74, 6) is -0.367. The van der Waals surface area contributed by atoms with Gasteiger partial charge in [0.05, 0.1) is 24.2 Å². The smallest absolute Gasteiger partial charge is 0.225 e. The van der Waals surface area contributed by atoms with Crippen LogP contribution >= 0.6 is 0 Å². The third kappa shape index (κ3) is 4.53. The SMILES string of the molecule is CO[C@@H](C1CCCN1)[C@@H](C)C(=O)N[C@H](C)[C@H](O)c1ccccc1. The zero-order valence-electron chi connectivity index (χ0n) is 14.2. The number of carbonyl (C=O) groups excluding carboxylic acids is 1. The number of ether oxygens (including phenoxy) is 1. The molecule has 23 heavy (non-hydrogen) atoms. The van der Waals surface area contributed by atoms with Crippen molar-refractivity contribution in [3.8, 4) is 0 Å². The maximum absolute atomic E-state index is 12.5. The third-order valence-electron chi connectivity index (χ3n) is 4.66. The van der Waals surface area contributed by atoms with Crippen LogP contribution in [-0.4, -0.2) is 42.9 Å². The Morgan fingerprint density at radius 2 is 2.04 bits per heavy atom. The summed E-state index contributed by atoms with van der Waals surface area (Å²) >= 11 is 0.